The molecule has 0 aliphatic rings. The average Bonchev–Trinajstić information content (AvgIpc) is 1.38. The third-order valence-corrected chi connectivity index (χ3v) is 0.241. The van der Waals surface area contributed by atoms with Crippen molar-refractivity contribution in [3.05, 3.63) is 0 Å². The summed E-state index contributed by atoms with van der Waals surface area (Å²) in [6.45, 7) is 1.54. The molecule has 0 aromatic carbocycles. The van der Waals surface area contributed by atoms with Gasteiger partial charge in [-0.2, -0.15) is 0 Å². The highest BCUT2D eigenvalue weighted by Crippen LogP contribution is 1.57. The summed E-state index contributed by atoms with van der Waals surface area (Å²) in [5, 5.41) is 8.12. The third kappa shape index (κ3) is 3.88. The number of aliphatic hydroxyl groups excluding tert-OH is 1. The quantitative estimate of drug-likeness (QED) is 0.208. The van der Waals surface area contributed by atoms with Gasteiger partial charge in [0.15, 0.2) is 0 Å². The fraction of sp³-hybridized carbons (Fsp3) is 1.00. The molecule has 0 fully saturated rings. The van der Waals surface area contributed by atoms with Crippen molar-refractivity contribution >= 4 is 0 Å². The zero-order chi connectivity index (χ0) is 4.28. The highest BCUT2D eigenvalue weighted by Gasteiger charge is 1.78. The van der Waals surface area contributed by atoms with Crippen LogP contribution in [0.4, 0.5) is 0 Å². The summed E-state index contributed by atoms with van der Waals surface area (Å²) in [7, 11) is 0. The molecule has 0 saturated heterocycles. The van der Waals surface area contributed by atoms with Crippen molar-refractivity contribution in [1.29, 1.82) is 0 Å². The van der Waals surface area contributed by atoms with E-state index >= 15 is 0 Å². The van der Waals surface area contributed by atoms with Crippen molar-refractivity contribution < 1.29 is 5.11 Å². The van der Waals surface area contributed by atoms with Gasteiger partial charge in [0.2, 0.25) is 0 Å². The van der Waals surface area contributed by atoms with Crippen LogP contribution in [0.2, 0.25) is 0 Å². The lowest BCUT2D eigenvalue weighted by Crippen LogP contribution is -2.31. The number of nitrogens with two attached hydrogens (primary N) is 1. The van der Waals surface area contributed by atoms with Crippen LogP contribution in [0.3, 0.4) is 0 Å². The third-order valence-electron chi connectivity index (χ3n) is 0.241. The highest BCUT2D eigenvalue weighted by atomic mass is 16.3. The molecule has 3 heteroatoms. The topological polar surface area (TPSA) is 58.3 Å². The first-order valence-electron chi connectivity index (χ1n) is 1.41. The number of hydrogen-bond acceptors (Lipinski definition) is 3. The van der Waals surface area contributed by atoms with E-state index in [0.29, 0.717) is 0 Å². The summed E-state index contributed by atoms with van der Waals surface area (Å²) in [4.78, 5) is 0. The molecule has 0 amide bonds. The fourth-order valence-electron chi connectivity index (χ4n) is 0. The average molecular weight is 76.1 g/mol. The van der Waals surface area contributed by atoms with Crippen molar-refractivity contribution in [2.24, 2.45) is 5.84 Å². The first-order valence-corrected chi connectivity index (χ1v) is 1.41. The number of nitrogens with one attached hydrogen (secondary N) is 1. The SMILES string of the molecule is C[C@H](O)NN. The lowest BCUT2D eigenvalue weighted by molar-refractivity contribution is 0.158. The molecule has 0 saturated carbocycles. The molecule has 0 unspecified atom stereocenters. The van der Waals surface area contributed by atoms with E-state index in [1.807, 2.05) is 0 Å². The fourth-order valence-corrected chi connectivity index (χ4v) is 0. The summed E-state index contributed by atoms with van der Waals surface area (Å²) in [5.41, 5.74) is 2.08. The van der Waals surface area contributed by atoms with Crippen LogP contribution >= 0.6 is 0 Å². The molecule has 3 nitrogen and oxygen atoms in total. The Balaban J connectivity index is 2.54. The van der Waals surface area contributed by atoms with E-state index in [2.05, 4.69) is 11.3 Å². The maximum atomic E-state index is 8.12. The first kappa shape index (κ1) is 4.88. The van der Waals surface area contributed by atoms with Crippen LogP contribution in [-0.2, 0) is 0 Å². The molecule has 5 heavy (non-hydrogen) atoms. The predicted octanol–water partition coefficient (Wildman–Crippen LogP) is -1.21. The van der Waals surface area contributed by atoms with Gasteiger partial charge >= 0.3 is 0 Å². The maximum absolute atomic E-state index is 8.12. The predicted molar refractivity (Wildman–Crippen MR) is 19.0 cm³/mol. The summed E-state index contributed by atoms with van der Waals surface area (Å²) in [6.07, 6.45) is -0.588. The number of hydrazine groups is 1. The van der Waals surface area contributed by atoms with Crippen molar-refractivity contribution in [3.63, 3.8) is 0 Å². The van der Waals surface area contributed by atoms with Gasteiger partial charge in [-0.15, -0.1) is 0 Å². The van der Waals surface area contributed by atoms with Gasteiger partial charge in [-0.1, -0.05) is 0 Å². The second kappa shape index (κ2) is 2.14. The van der Waals surface area contributed by atoms with Gasteiger partial charge in [0, 0.05) is 0 Å². The lowest BCUT2D eigenvalue weighted by atomic mass is 10.7. The Morgan fingerprint density at radius 1 is 2.00 bits per heavy atom. The lowest BCUT2D eigenvalue weighted by Gasteiger charge is -1.94. The van der Waals surface area contributed by atoms with Crippen LogP contribution in [0.25, 0.3) is 0 Å². The van der Waals surface area contributed by atoms with E-state index in [1.54, 1.807) is 6.92 Å². The van der Waals surface area contributed by atoms with E-state index in [9.17, 15) is 0 Å². The van der Waals surface area contributed by atoms with E-state index < -0.39 is 6.23 Å². The Morgan fingerprint density at radius 2 is 2.20 bits per heavy atom. The first-order chi connectivity index (χ1) is 2.27. The summed E-state index contributed by atoms with van der Waals surface area (Å²) < 4.78 is 0. The number of rotatable bonds is 1. The molecule has 0 rings (SSSR count). The molecule has 0 aromatic heterocycles. The molecule has 0 radical (unpaired) electrons. The molecule has 0 aliphatic carbocycles. The second-order valence-corrected chi connectivity index (χ2v) is 0.843. The Bertz CT molecular complexity index is 21.6. The van der Waals surface area contributed by atoms with Crippen LogP contribution in [-0.4, -0.2) is 11.3 Å². The zero-order valence-electron chi connectivity index (χ0n) is 3.10. The van der Waals surface area contributed by atoms with Crippen molar-refractivity contribution in [2.45, 2.75) is 13.2 Å². The van der Waals surface area contributed by atoms with Gasteiger partial charge in [-0.3, -0.25) is 5.84 Å². The van der Waals surface area contributed by atoms with Crippen molar-refractivity contribution in [2.75, 3.05) is 0 Å². The molecular formula is C2H8N2O. The van der Waals surface area contributed by atoms with E-state index in [1.165, 1.54) is 0 Å². The molecule has 0 spiro atoms. The van der Waals surface area contributed by atoms with Crippen LogP contribution < -0.4 is 11.3 Å². The molecule has 0 bridgehead atoms. The monoisotopic (exact) mass is 76.1 g/mol. The minimum atomic E-state index is -0.588. The van der Waals surface area contributed by atoms with Crippen molar-refractivity contribution in [1.82, 2.24) is 5.43 Å². The molecular weight excluding hydrogens is 68.0 g/mol. The van der Waals surface area contributed by atoms with E-state index in [4.69, 9.17) is 5.11 Å². The number of hydrogen-bond donors (Lipinski definition) is 3. The summed E-state index contributed by atoms with van der Waals surface area (Å²) in [6, 6.07) is 0. The molecule has 1 atom stereocenters. The maximum Gasteiger partial charge on any atom is 0.114 e. The minimum absolute atomic E-state index is 0.588. The minimum Gasteiger partial charge on any atom is -0.378 e. The van der Waals surface area contributed by atoms with Crippen LogP contribution in [0, 0.1) is 0 Å². The van der Waals surface area contributed by atoms with Gasteiger partial charge in [-0.25, -0.2) is 5.43 Å². The molecule has 0 aliphatic heterocycles. The normalized spacial score (nSPS) is 15.0. The van der Waals surface area contributed by atoms with Gasteiger partial charge in [0.1, 0.15) is 6.23 Å². The highest BCUT2D eigenvalue weighted by molar-refractivity contribution is 4.24. The summed E-state index contributed by atoms with van der Waals surface area (Å²) >= 11 is 0. The molecule has 32 valence electrons. The summed E-state index contributed by atoms with van der Waals surface area (Å²) in [5.74, 6) is 4.67. The van der Waals surface area contributed by atoms with Crippen LogP contribution in [0.15, 0.2) is 0 Å². The Hall–Kier alpha value is -0.120. The molecule has 0 aromatic rings. The van der Waals surface area contributed by atoms with Gasteiger partial charge in [0.05, 0.1) is 0 Å². The Morgan fingerprint density at radius 3 is 2.20 bits per heavy atom. The zero-order valence-corrected chi connectivity index (χ0v) is 3.10. The Kier molecular flexibility index (Phi) is 2.09. The van der Waals surface area contributed by atoms with E-state index in [0.717, 1.165) is 0 Å². The van der Waals surface area contributed by atoms with E-state index in [-0.39, 0.29) is 0 Å². The molecule has 4 N–H and O–H groups in total. The number of aliphatic hydroxyl groups is 1. The smallest absolute Gasteiger partial charge is 0.114 e. The van der Waals surface area contributed by atoms with Crippen LogP contribution in [0.5, 0.6) is 0 Å². The standard InChI is InChI=1S/C2H8N2O/c1-2(5)4-3/h2,4-5H,3H2,1H3/t2-/m0/s1. The van der Waals surface area contributed by atoms with Crippen molar-refractivity contribution in [3.8, 4) is 0 Å². The Labute approximate surface area is 30.8 Å². The van der Waals surface area contributed by atoms with Crippen LogP contribution in [0.1, 0.15) is 6.92 Å². The van der Waals surface area contributed by atoms with Gasteiger partial charge in [-0.05, 0) is 6.92 Å². The second-order valence-electron chi connectivity index (χ2n) is 0.843. The van der Waals surface area contributed by atoms with Gasteiger partial charge < -0.3 is 5.11 Å². The largest absolute Gasteiger partial charge is 0.378 e. The molecule has 0 heterocycles. The van der Waals surface area contributed by atoms with Gasteiger partial charge in [0.25, 0.3) is 0 Å².